The molecule has 3 heterocycles. The van der Waals surface area contributed by atoms with Gasteiger partial charge >= 0.3 is 0 Å². The Hall–Kier alpha value is -6.62. The molecule has 0 spiro atoms. The number of thiophene rings is 1. The van der Waals surface area contributed by atoms with E-state index in [1.54, 1.807) is 0 Å². The third kappa shape index (κ3) is 4.37. The molecule has 0 fully saturated rings. The van der Waals surface area contributed by atoms with Crippen LogP contribution in [0.15, 0.2) is 164 Å². The Morgan fingerprint density at radius 1 is 0.473 bits per heavy atom. The molecule has 0 N–H and O–H groups in total. The molecule has 55 heavy (non-hydrogen) atoms. The molecule has 0 radical (unpaired) electrons. The van der Waals surface area contributed by atoms with Gasteiger partial charge in [-0.1, -0.05) is 135 Å². The van der Waals surface area contributed by atoms with Gasteiger partial charge in [0.15, 0.2) is 0 Å². The minimum absolute atomic E-state index is 0.0891. The smallest absolute Gasteiger partial charge is 0.235 e. The van der Waals surface area contributed by atoms with Crippen molar-refractivity contribution in [3.05, 3.63) is 175 Å². The van der Waals surface area contributed by atoms with Crippen molar-refractivity contribution in [2.45, 2.75) is 19.3 Å². The molecule has 4 heteroatoms. The van der Waals surface area contributed by atoms with Crippen LogP contribution in [0.1, 0.15) is 25.0 Å². The molecular weight excluding hydrogens is 687 g/mol. The second-order valence-corrected chi connectivity index (χ2v) is 16.5. The average molecular weight is 720 g/mol. The molecule has 8 aromatic carbocycles. The van der Waals surface area contributed by atoms with Crippen molar-refractivity contribution in [2.75, 3.05) is 0 Å². The van der Waals surface area contributed by atoms with Crippen LogP contribution in [0.4, 0.5) is 0 Å². The van der Waals surface area contributed by atoms with Gasteiger partial charge in [0, 0.05) is 47.3 Å². The molecule has 3 aromatic heterocycles. The normalized spacial score (nSPS) is 13.4. The Labute approximate surface area is 321 Å². The number of nitrogens with zero attached hydrogens (tertiary/aromatic N) is 3. The van der Waals surface area contributed by atoms with Crippen LogP contribution in [0.3, 0.4) is 0 Å². The highest BCUT2D eigenvalue weighted by molar-refractivity contribution is 7.25. The Morgan fingerprint density at radius 3 is 2.09 bits per heavy atom. The van der Waals surface area contributed by atoms with Gasteiger partial charge in [-0.25, -0.2) is 9.97 Å². The summed E-state index contributed by atoms with van der Waals surface area (Å²) >= 11 is 1.84. The maximum atomic E-state index is 5.50. The quantitative estimate of drug-likeness (QED) is 0.182. The molecule has 3 nitrogen and oxygen atoms in total. The van der Waals surface area contributed by atoms with Gasteiger partial charge in [-0.15, -0.1) is 11.3 Å². The van der Waals surface area contributed by atoms with E-state index in [9.17, 15) is 0 Å². The van der Waals surface area contributed by atoms with Crippen molar-refractivity contribution < 1.29 is 0 Å². The first-order valence-electron chi connectivity index (χ1n) is 18.9. The summed E-state index contributed by atoms with van der Waals surface area (Å²) in [4.78, 5) is 10.8. The third-order valence-corrected chi connectivity index (χ3v) is 13.1. The molecule has 0 saturated heterocycles. The highest BCUT2D eigenvalue weighted by atomic mass is 32.1. The fourth-order valence-corrected chi connectivity index (χ4v) is 10.5. The lowest BCUT2D eigenvalue weighted by molar-refractivity contribution is 0.660. The van der Waals surface area contributed by atoms with Gasteiger partial charge in [-0.2, -0.15) is 0 Å². The summed E-state index contributed by atoms with van der Waals surface area (Å²) in [5.74, 6) is 0.670. The fourth-order valence-electron chi connectivity index (χ4n) is 9.34. The van der Waals surface area contributed by atoms with Crippen LogP contribution >= 0.6 is 11.3 Å². The summed E-state index contributed by atoms with van der Waals surface area (Å²) in [6.45, 7) is 4.71. The Bertz CT molecular complexity index is 3420. The van der Waals surface area contributed by atoms with Crippen molar-refractivity contribution in [3.63, 3.8) is 0 Å². The molecule has 0 amide bonds. The molecular formula is C51H33N3S. The SMILES string of the molecule is CC1(C)c2ccccc2-c2ccc(-c3cccc4c3c3cc5ccccc5cc3n4-c3nc(-c4ccc5c(c4)sc4ccccc45)c4ccccc4n3)cc21. The molecule has 1 aliphatic carbocycles. The monoisotopic (exact) mass is 719 g/mol. The predicted octanol–water partition coefficient (Wildman–Crippen LogP) is 13.9. The molecule has 0 atom stereocenters. The first kappa shape index (κ1) is 30.8. The van der Waals surface area contributed by atoms with Crippen molar-refractivity contribution in [3.8, 4) is 39.5 Å². The number of para-hydroxylation sites is 1. The van der Waals surface area contributed by atoms with Gasteiger partial charge in [0.05, 0.1) is 22.2 Å². The summed E-state index contributed by atoms with van der Waals surface area (Å²) in [5, 5.41) is 8.43. The third-order valence-electron chi connectivity index (χ3n) is 12.0. The second kappa shape index (κ2) is 11.2. The van der Waals surface area contributed by atoms with Crippen LogP contribution in [-0.4, -0.2) is 14.5 Å². The number of hydrogen-bond donors (Lipinski definition) is 0. The Morgan fingerprint density at radius 2 is 1.18 bits per heavy atom. The largest absolute Gasteiger partial charge is 0.278 e. The van der Waals surface area contributed by atoms with E-state index in [1.807, 2.05) is 11.3 Å². The van der Waals surface area contributed by atoms with E-state index in [2.05, 4.69) is 182 Å². The summed E-state index contributed by atoms with van der Waals surface area (Å²) < 4.78 is 4.85. The van der Waals surface area contributed by atoms with Gasteiger partial charge in [-0.3, -0.25) is 4.57 Å². The minimum atomic E-state index is -0.0891. The van der Waals surface area contributed by atoms with E-state index < -0.39 is 0 Å². The molecule has 12 rings (SSSR count). The van der Waals surface area contributed by atoms with Crippen LogP contribution in [-0.2, 0) is 5.41 Å². The van der Waals surface area contributed by atoms with Crippen molar-refractivity contribution in [1.82, 2.24) is 14.5 Å². The maximum absolute atomic E-state index is 5.50. The van der Waals surface area contributed by atoms with Crippen LogP contribution in [0.25, 0.3) is 103 Å². The van der Waals surface area contributed by atoms with E-state index in [1.165, 1.54) is 75.1 Å². The molecule has 1 aliphatic rings. The molecule has 11 aromatic rings. The summed E-state index contributed by atoms with van der Waals surface area (Å²) in [6, 6.07) is 59.9. The van der Waals surface area contributed by atoms with Crippen LogP contribution < -0.4 is 0 Å². The van der Waals surface area contributed by atoms with Gasteiger partial charge in [0.2, 0.25) is 5.95 Å². The molecule has 0 aliphatic heterocycles. The molecule has 258 valence electrons. The minimum Gasteiger partial charge on any atom is -0.278 e. The summed E-state index contributed by atoms with van der Waals surface area (Å²) in [7, 11) is 0. The van der Waals surface area contributed by atoms with Gasteiger partial charge < -0.3 is 0 Å². The zero-order valence-corrected chi connectivity index (χ0v) is 31.2. The second-order valence-electron chi connectivity index (χ2n) is 15.4. The topological polar surface area (TPSA) is 30.7 Å². The van der Waals surface area contributed by atoms with Crippen LogP contribution in [0.2, 0.25) is 0 Å². The summed E-state index contributed by atoms with van der Waals surface area (Å²) in [6.07, 6.45) is 0. The highest BCUT2D eigenvalue weighted by Crippen LogP contribution is 2.50. The number of benzene rings is 8. The molecule has 0 saturated carbocycles. The van der Waals surface area contributed by atoms with Gasteiger partial charge in [-0.05, 0) is 86.6 Å². The van der Waals surface area contributed by atoms with Gasteiger partial charge in [0.1, 0.15) is 0 Å². The lowest BCUT2D eigenvalue weighted by atomic mass is 9.81. The first-order valence-corrected chi connectivity index (χ1v) is 19.7. The van der Waals surface area contributed by atoms with E-state index in [4.69, 9.17) is 9.97 Å². The molecule has 0 unspecified atom stereocenters. The van der Waals surface area contributed by atoms with E-state index >= 15 is 0 Å². The fraction of sp³-hybridized carbons (Fsp3) is 0.0588. The van der Waals surface area contributed by atoms with Crippen LogP contribution in [0.5, 0.6) is 0 Å². The standard InChI is InChI=1S/C51H33N3S/c1-51(2)41-18-8-5-14-35(41)36-24-22-32(27-42(36)51)34-17-11-20-44-48(34)40-26-30-12-3-4-13-31(30)28-45(40)54(44)50-52-43-19-9-6-16-39(43)49(53-50)33-23-25-38-37-15-7-10-21-46(37)55-47(38)29-33/h3-29H,1-2H3. The highest BCUT2D eigenvalue weighted by Gasteiger charge is 2.35. The lowest BCUT2D eigenvalue weighted by Crippen LogP contribution is -2.14. The lowest BCUT2D eigenvalue weighted by Gasteiger charge is -2.22. The zero-order chi connectivity index (χ0) is 36.4. The number of aromatic nitrogens is 3. The molecule has 0 bridgehead atoms. The maximum Gasteiger partial charge on any atom is 0.235 e. The number of rotatable bonds is 3. The zero-order valence-electron chi connectivity index (χ0n) is 30.3. The van der Waals surface area contributed by atoms with E-state index in [-0.39, 0.29) is 5.41 Å². The Balaban J connectivity index is 1.13. The van der Waals surface area contributed by atoms with Crippen LogP contribution in [0, 0.1) is 0 Å². The van der Waals surface area contributed by atoms with Gasteiger partial charge in [0.25, 0.3) is 0 Å². The summed E-state index contributed by atoms with van der Waals surface area (Å²) in [5.41, 5.74) is 12.9. The number of hydrogen-bond acceptors (Lipinski definition) is 3. The number of fused-ring (bicyclic) bond motifs is 11. The van der Waals surface area contributed by atoms with E-state index in [0.29, 0.717) is 5.95 Å². The Kier molecular flexibility index (Phi) is 6.27. The van der Waals surface area contributed by atoms with E-state index in [0.717, 1.165) is 33.2 Å². The van der Waals surface area contributed by atoms with Crippen molar-refractivity contribution >= 4 is 75.0 Å². The van der Waals surface area contributed by atoms with Crippen molar-refractivity contribution in [1.29, 1.82) is 0 Å². The average Bonchev–Trinajstić information content (AvgIpc) is 3.84. The predicted molar refractivity (Wildman–Crippen MR) is 233 cm³/mol. The first-order chi connectivity index (χ1) is 27.0. The van der Waals surface area contributed by atoms with Crippen molar-refractivity contribution in [2.24, 2.45) is 0 Å².